The third-order valence-electron chi connectivity index (χ3n) is 6.46. The van der Waals surface area contributed by atoms with Crippen LogP contribution in [0.5, 0.6) is 5.75 Å². The summed E-state index contributed by atoms with van der Waals surface area (Å²) in [6, 6.07) is 8.90. The highest BCUT2D eigenvalue weighted by Crippen LogP contribution is 2.23. The van der Waals surface area contributed by atoms with Gasteiger partial charge in [-0.15, -0.1) is 0 Å². The molecule has 2 aromatic rings. The first-order valence-electron chi connectivity index (χ1n) is 12.3. The van der Waals surface area contributed by atoms with Crippen LogP contribution in [0.15, 0.2) is 36.7 Å². The maximum atomic E-state index is 13.2. The molecule has 2 aliphatic heterocycles. The summed E-state index contributed by atoms with van der Waals surface area (Å²) in [5.41, 5.74) is 1.63. The van der Waals surface area contributed by atoms with Gasteiger partial charge in [-0.1, -0.05) is 18.6 Å². The van der Waals surface area contributed by atoms with E-state index in [2.05, 4.69) is 37.8 Å². The molecule has 1 amide bonds. The highest BCUT2D eigenvalue weighted by Gasteiger charge is 2.25. The fourth-order valence-electron chi connectivity index (χ4n) is 4.63. The maximum absolute atomic E-state index is 13.2. The molecule has 1 aromatic carbocycles. The molecule has 0 aliphatic carbocycles. The van der Waals surface area contributed by atoms with Crippen LogP contribution in [0.1, 0.15) is 58.6 Å². The zero-order valence-electron chi connectivity index (χ0n) is 20.7. The summed E-state index contributed by atoms with van der Waals surface area (Å²) < 4.78 is 10.6. The number of aryl methyl sites for hydroxylation is 1. The van der Waals surface area contributed by atoms with Crippen molar-refractivity contribution in [3.8, 4) is 5.75 Å². The second-order valence-electron chi connectivity index (χ2n) is 8.75. The Labute approximate surface area is 211 Å². The van der Waals surface area contributed by atoms with Crippen LogP contribution in [0, 0.1) is 0 Å². The van der Waals surface area contributed by atoms with Gasteiger partial charge < -0.3 is 19.5 Å². The maximum Gasteiger partial charge on any atom is 0.358 e. The van der Waals surface area contributed by atoms with Crippen LogP contribution < -0.4 is 4.74 Å². The monoisotopic (exact) mass is 498 g/mol. The Morgan fingerprint density at radius 1 is 1.06 bits per heavy atom. The lowest BCUT2D eigenvalue weighted by atomic mass is 9.95. The fourth-order valence-corrected chi connectivity index (χ4v) is 4.63. The quantitative estimate of drug-likeness (QED) is 0.492. The first kappa shape index (κ1) is 27.1. The van der Waals surface area contributed by atoms with Crippen LogP contribution in [0.2, 0.25) is 0 Å². The van der Waals surface area contributed by atoms with Gasteiger partial charge in [0.15, 0.2) is 5.69 Å². The first-order chi connectivity index (χ1) is 17.5. The minimum atomic E-state index is -0.572. The number of aromatic nitrogens is 2. The smallest absolute Gasteiger partial charge is 0.358 e. The van der Waals surface area contributed by atoms with Crippen molar-refractivity contribution in [2.45, 2.75) is 44.6 Å². The molecular weight excluding hydrogens is 464 g/mol. The van der Waals surface area contributed by atoms with E-state index in [0.717, 1.165) is 31.7 Å². The highest BCUT2D eigenvalue weighted by molar-refractivity contribution is 5.93. The largest absolute Gasteiger partial charge is 0.494 e. The van der Waals surface area contributed by atoms with Gasteiger partial charge in [0.25, 0.3) is 12.4 Å². The van der Waals surface area contributed by atoms with E-state index < -0.39 is 5.97 Å². The second kappa shape index (κ2) is 14.1. The molecule has 1 unspecified atom stereocenters. The summed E-state index contributed by atoms with van der Waals surface area (Å²) in [4.78, 5) is 45.8. The Kier molecular flexibility index (Phi) is 10.6. The van der Waals surface area contributed by atoms with E-state index in [1.165, 1.54) is 44.3 Å². The van der Waals surface area contributed by atoms with Crippen molar-refractivity contribution in [3.63, 3.8) is 0 Å². The predicted molar refractivity (Wildman–Crippen MR) is 132 cm³/mol. The zero-order chi connectivity index (χ0) is 25.8. The van der Waals surface area contributed by atoms with Crippen molar-refractivity contribution in [2.24, 2.45) is 0 Å². The molecule has 194 valence electrons. The van der Waals surface area contributed by atoms with E-state index in [1.54, 1.807) is 0 Å². The number of carbonyl (C=O) groups excluding carboxylic acids is 2. The molecule has 0 saturated carbocycles. The third-order valence-corrected chi connectivity index (χ3v) is 6.46. The van der Waals surface area contributed by atoms with E-state index in [4.69, 9.17) is 14.6 Å². The lowest BCUT2D eigenvalue weighted by molar-refractivity contribution is -0.122. The Hall–Kier alpha value is -3.53. The van der Waals surface area contributed by atoms with Crippen molar-refractivity contribution < 1.29 is 29.0 Å². The van der Waals surface area contributed by atoms with Gasteiger partial charge in [-0.25, -0.2) is 14.8 Å². The molecule has 0 spiro atoms. The summed E-state index contributed by atoms with van der Waals surface area (Å²) in [6.45, 7) is 3.39. The lowest BCUT2D eigenvalue weighted by Crippen LogP contribution is -2.46. The van der Waals surface area contributed by atoms with Crippen LogP contribution in [-0.2, 0) is 16.0 Å². The number of carboxylic acid groups (broad SMARTS) is 1. The van der Waals surface area contributed by atoms with Gasteiger partial charge in [0, 0.05) is 25.7 Å². The average Bonchev–Trinajstić information content (AvgIpc) is 2.91. The summed E-state index contributed by atoms with van der Waals surface area (Å²) in [5, 5.41) is 6.89. The molecule has 2 bridgehead atoms. The molecule has 1 saturated heterocycles. The molecule has 10 nitrogen and oxygen atoms in total. The van der Waals surface area contributed by atoms with Gasteiger partial charge in [-0.2, -0.15) is 0 Å². The number of nitrogens with zero attached hydrogens (tertiary/aromatic N) is 4. The third kappa shape index (κ3) is 7.74. The summed E-state index contributed by atoms with van der Waals surface area (Å²) in [7, 11) is 1.29. The van der Waals surface area contributed by atoms with E-state index in [1.807, 2.05) is 11.0 Å². The Morgan fingerprint density at radius 3 is 2.58 bits per heavy atom. The topological polar surface area (TPSA) is 122 Å². The minimum absolute atomic E-state index is 0.0850. The highest BCUT2D eigenvalue weighted by atomic mass is 16.5. The van der Waals surface area contributed by atoms with Crippen molar-refractivity contribution in [1.29, 1.82) is 0 Å². The van der Waals surface area contributed by atoms with E-state index in [0.29, 0.717) is 32.2 Å². The van der Waals surface area contributed by atoms with Crippen LogP contribution in [0.3, 0.4) is 0 Å². The molecule has 10 heteroatoms. The fraction of sp³-hybridized carbons (Fsp3) is 0.500. The van der Waals surface area contributed by atoms with Gasteiger partial charge in [0.2, 0.25) is 0 Å². The van der Waals surface area contributed by atoms with Crippen LogP contribution in [-0.4, -0.2) is 89.2 Å². The van der Waals surface area contributed by atoms with Gasteiger partial charge in [0.1, 0.15) is 11.4 Å². The second-order valence-corrected chi connectivity index (χ2v) is 8.75. The molecule has 0 radical (unpaired) electrons. The van der Waals surface area contributed by atoms with Crippen molar-refractivity contribution in [2.75, 3.05) is 39.9 Å². The molecule has 1 atom stereocenters. The summed E-state index contributed by atoms with van der Waals surface area (Å²) in [6.07, 6.45) is 9.16. The van der Waals surface area contributed by atoms with Crippen LogP contribution in [0.4, 0.5) is 0 Å². The molecule has 2 aliphatic rings. The number of hydrogen-bond acceptors (Lipinski definition) is 8. The van der Waals surface area contributed by atoms with Gasteiger partial charge in [0.05, 0.1) is 26.1 Å². The van der Waals surface area contributed by atoms with E-state index >= 15 is 0 Å². The number of esters is 1. The van der Waals surface area contributed by atoms with Gasteiger partial charge >= 0.3 is 5.97 Å². The molecule has 1 aromatic heterocycles. The number of rotatable bonds is 2. The van der Waals surface area contributed by atoms with Crippen LogP contribution in [0.25, 0.3) is 0 Å². The number of piperidine rings is 1. The molecule has 1 fully saturated rings. The van der Waals surface area contributed by atoms with Crippen LogP contribution >= 0.6 is 0 Å². The minimum Gasteiger partial charge on any atom is -0.494 e. The number of fused-ring (bicyclic) bond motifs is 3. The van der Waals surface area contributed by atoms with E-state index in [9.17, 15) is 9.59 Å². The van der Waals surface area contributed by atoms with E-state index in [-0.39, 0.29) is 23.8 Å². The number of hydrogen-bond donors (Lipinski definition) is 1. The number of ether oxygens (including phenoxy) is 2. The van der Waals surface area contributed by atoms with Crippen molar-refractivity contribution in [3.05, 3.63) is 53.6 Å². The van der Waals surface area contributed by atoms with Gasteiger partial charge in [-0.05, 0) is 56.3 Å². The predicted octanol–water partition coefficient (Wildman–Crippen LogP) is 2.68. The molecular formula is C26H34N4O6. The number of carbonyl (C=O) groups is 3. The van der Waals surface area contributed by atoms with Crippen molar-refractivity contribution >= 4 is 18.3 Å². The molecule has 4 rings (SSSR count). The molecule has 1 N–H and O–H groups in total. The molecule has 36 heavy (non-hydrogen) atoms. The first-order valence-corrected chi connectivity index (χ1v) is 12.3. The standard InChI is InChI=1S/C25H32N4O4.CH2O2/c1-32-25(31)23-18-26-22(17-27-23)24(30)29-12-5-15-33-21-8-4-6-19(16-21)9-10-20-7-2-3-11-28(20)13-14-29;2-1-3/h4,6,8,16-18,20H,2-3,5,7,9-15H2,1H3;1H,(H,2,3). The summed E-state index contributed by atoms with van der Waals surface area (Å²) in [5.74, 6) is 0.130. The zero-order valence-corrected chi connectivity index (χ0v) is 20.7. The van der Waals surface area contributed by atoms with Crippen molar-refractivity contribution in [1.82, 2.24) is 19.8 Å². The Bertz CT molecular complexity index is 1000. The number of methoxy groups -OCH3 is 1. The number of amides is 1. The molecule has 3 heterocycles. The normalized spacial score (nSPS) is 18.8. The SMILES string of the molecule is COC(=O)c1cnc(C(=O)N2CCCOc3cccc(c3)CCC3CCCCN3CC2)cn1.O=CO. The van der Waals surface area contributed by atoms with Gasteiger partial charge in [-0.3, -0.25) is 14.5 Å². The Morgan fingerprint density at radius 2 is 1.83 bits per heavy atom. The Balaban J connectivity index is 0.00000115. The average molecular weight is 499 g/mol. The summed E-state index contributed by atoms with van der Waals surface area (Å²) >= 11 is 0. The lowest BCUT2D eigenvalue weighted by Gasteiger charge is -2.37. The number of benzene rings is 1.